The molecule has 0 unspecified atom stereocenters. The van der Waals surface area contributed by atoms with Gasteiger partial charge in [-0.2, -0.15) is 4.57 Å². The molecule has 0 bridgehead atoms. The molecule has 1 aromatic carbocycles. The summed E-state index contributed by atoms with van der Waals surface area (Å²) in [7, 11) is 1.45. The van der Waals surface area contributed by atoms with Crippen molar-refractivity contribution in [2.24, 2.45) is 7.05 Å². The molecule has 33 heavy (non-hydrogen) atoms. The van der Waals surface area contributed by atoms with Crippen molar-refractivity contribution in [3.05, 3.63) is 72.2 Å². The summed E-state index contributed by atoms with van der Waals surface area (Å²) in [6.07, 6.45) is 1.32. The van der Waals surface area contributed by atoms with E-state index in [1.165, 1.54) is 33.8 Å². The van der Waals surface area contributed by atoms with Crippen LogP contribution in [0.4, 0.5) is 5.82 Å². The largest absolute Gasteiger partial charge is 0.338 e. The lowest BCUT2D eigenvalue weighted by Gasteiger charge is -2.13. The number of benzene rings is 1. The van der Waals surface area contributed by atoms with Crippen molar-refractivity contribution in [3.63, 3.8) is 0 Å². The van der Waals surface area contributed by atoms with Gasteiger partial charge in [-0.25, -0.2) is 21.3 Å². The number of amides is 1. The van der Waals surface area contributed by atoms with Crippen LogP contribution < -0.4 is 16.6 Å². The first kappa shape index (κ1) is 22.7. The van der Waals surface area contributed by atoms with Crippen molar-refractivity contribution < 1.29 is 4.79 Å². The zero-order chi connectivity index (χ0) is 23.9. The molecule has 4 rings (SSSR count). The molecule has 3 heterocycles. The molecule has 13 heteroatoms. The zero-order valence-corrected chi connectivity index (χ0v) is 19.6. The van der Waals surface area contributed by atoms with Crippen molar-refractivity contribution in [2.75, 3.05) is 5.32 Å². The van der Waals surface area contributed by atoms with Crippen LogP contribution in [0.5, 0.6) is 0 Å². The summed E-state index contributed by atoms with van der Waals surface area (Å²) in [6, 6.07) is 4.28. The Labute approximate surface area is 200 Å². The number of nitrogens with zero attached hydrogens (tertiary/aromatic N) is 6. The molecule has 0 spiro atoms. The maximum atomic E-state index is 12.9. The van der Waals surface area contributed by atoms with E-state index in [-0.39, 0.29) is 11.2 Å². The fourth-order valence-electron chi connectivity index (χ4n) is 3.23. The molecule has 1 N–H and O–H groups in total. The lowest BCUT2D eigenvalue weighted by molar-refractivity contribution is -0.118. The number of anilines is 1. The molecule has 0 aliphatic carbocycles. The second-order valence-electron chi connectivity index (χ2n) is 7.03. The van der Waals surface area contributed by atoms with E-state index in [4.69, 9.17) is 29.8 Å². The number of rotatable bonds is 5. The topological polar surface area (TPSA) is 108 Å². The highest BCUT2D eigenvalue weighted by atomic mass is 35.5. The van der Waals surface area contributed by atoms with Gasteiger partial charge in [-0.1, -0.05) is 29.3 Å². The fraction of sp³-hybridized carbons (Fsp3) is 0.200. The molecule has 0 radical (unpaired) electrons. The number of carbonyl (C=O) groups is 1. The first-order chi connectivity index (χ1) is 15.7. The monoisotopic (exact) mass is 503 g/mol. The first-order valence-electron chi connectivity index (χ1n) is 9.44. The number of aryl methyl sites for hydroxylation is 1. The number of nitrogens with one attached hydrogen (secondary N) is 1. The molecule has 3 aromatic heterocycles. The highest BCUT2D eigenvalue weighted by Gasteiger charge is 2.23. The van der Waals surface area contributed by atoms with Gasteiger partial charge in [0.25, 0.3) is 12.2 Å². The van der Waals surface area contributed by atoms with Crippen molar-refractivity contribution in [1.82, 2.24) is 23.7 Å². The Bertz CT molecular complexity index is 1560. The van der Waals surface area contributed by atoms with Gasteiger partial charge in [0.1, 0.15) is 16.9 Å². The van der Waals surface area contributed by atoms with Gasteiger partial charge in [0.2, 0.25) is 5.91 Å². The third-order valence-electron chi connectivity index (χ3n) is 4.99. The molecule has 1 atom stereocenters. The number of halogens is 2. The quantitative estimate of drug-likeness (QED) is 0.419. The van der Waals surface area contributed by atoms with Crippen LogP contribution in [-0.2, 0) is 18.5 Å². The molecule has 4 aromatic rings. The molecule has 0 aliphatic heterocycles. The van der Waals surface area contributed by atoms with Crippen molar-refractivity contribution in [2.45, 2.75) is 19.6 Å². The number of imidazole rings is 1. The smallest absolute Gasteiger partial charge is 0.312 e. The summed E-state index contributed by atoms with van der Waals surface area (Å²) >= 11 is 13.3. The minimum atomic E-state index is -0.850. The second-order valence-corrected chi connectivity index (χ2v) is 8.70. The van der Waals surface area contributed by atoms with Gasteiger partial charge >= 0.3 is 5.69 Å². The first-order valence-corrected chi connectivity index (χ1v) is 11.1. The van der Waals surface area contributed by atoms with Gasteiger partial charge in [-0.15, -0.1) is 11.3 Å². The lowest BCUT2D eigenvalue weighted by atomic mass is 10.2. The Balaban J connectivity index is 1.64. The average Bonchev–Trinajstić information content (AvgIpc) is 3.44. The fourth-order valence-corrected chi connectivity index (χ4v) is 4.28. The highest BCUT2D eigenvalue weighted by molar-refractivity contribution is 7.13. The number of aromatic nitrogens is 5. The maximum Gasteiger partial charge on any atom is 0.338 e. The molecule has 168 valence electrons. The van der Waals surface area contributed by atoms with Gasteiger partial charge < -0.3 is 9.88 Å². The summed E-state index contributed by atoms with van der Waals surface area (Å²) in [5.74, 6) is -0.106. The number of fused-ring (bicyclic) bond motifs is 1. The number of hydrogen-bond acceptors (Lipinski definition) is 6. The van der Waals surface area contributed by atoms with E-state index in [2.05, 4.69) is 20.1 Å². The number of thiazole rings is 1. The van der Waals surface area contributed by atoms with Gasteiger partial charge in [0, 0.05) is 18.0 Å². The molecule has 1 amide bonds. The maximum absolute atomic E-state index is 12.9. The Morgan fingerprint density at radius 1 is 1.30 bits per heavy atom. The Morgan fingerprint density at radius 3 is 2.76 bits per heavy atom. The molecule has 0 fully saturated rings. The van der Waals surface area contributed by atoms with E-state index >= 15 is 0 Å². The SMILES string of the molecule is [C-]#[N+]Cn1c(=O)c2c(ncn2[C@@H](C)C(=O)Nc2csc(-c3ccc(Cl)c(Cl)c3)n2)n(C)c1=O. The molecule has 0 aliphatic rings. The molecular formula is C20H15Cl2N7O3S. The molecular weight excluding hydrogens is 489 g/mol. The third-order valence-corrected chi connectivity index (χ3v) is 6.62. The highest BCUT2D eigenvalue weighted by Crippen LogP contribution is 2.31. The summed E-state index contributed by atoms with van der Waals surface area (Å²) in [4.78, 5) is 49.8. The van der Waals surface area contributed by atoms with Crippen LogP contribution in [0, 0.1) is 6.57 Å². The van der Waals surface area contributed by atoms with Crippen LogP contribution >= 0.6 is 34.5 Å². The number of carbonyl (C=O) groups excluding carboxylic acids is 1. The van der Waals surface area contributed by atoms with Crippen molar-refractivity contribution in [3.8, 4) is 10.6 Å². The lowest BCUT2D eigenvalue weighted by Crippen LogP contribution is -2.39. The van der Waals surface area contributed by atoms with Crippen LogP contribution in [0.2, 0.25) is 10.0 Å². The van der Waals surface area contributed by atoms with E-state index in [0.717, 1.165) is 10.1 Å². The Hall–Kier alpha value is -3.46. The zero-order valence-electron chi connectivity index (χ0n) is 17.2. The van der Waals surface area contributed by atoms with Gasteiger partial charge in [0.15, 0.2) is 11.2 Å². The predicted molar refractivity (Wildman–Crippen MR) is 127 cm³/mol. The molecule has 10 nitrogen and oxygen atoms in total. The van der Waals surface area contributed by atoms with Crippen molar-refractivity contribution in [1.29, 1.82) is 0 Å². The minimum absolute atomic E-state index is 0.0539. The standard InChI is InChI=1S/C20H15Cl2N7O3S/c1-10(28-9-24-16-15(28)19(31)29(8-23-2)20(32)27(16)3)17(30)25-14-7-33-18(26-14)11-4-5-12(21)13(22)6-11/h4-7,9-10H,8H2,1,3H3,(H,25,30)/t10-/m0/s1. The third kappa shape index (κ3) is 4.04. The molecule has 0 saturated heterocycles. The second kappa shape index (κ2) is 8.82. The van der Waals surface area contributed by atoms with E-state index < -0.39 is 29.9 Å². The van der Waals surface area contributed by atoms with Gasteiger partial charge in [-0.05, 0) is 19.1 Å². The normalized spacial score (nSPS) is 12.0. The van der Waals surface area contributed by atoms with E-state index in [1.807, 2.05) is 0 Å². The summed E-state index contributed by atoms with van der Waals surface area (Å²) in [5, 5.41) is 5.87. The van der Waals surface area contributed by atoms with Crippen molar-refractivity contribution >= 4 is 57.4 Å². The van der Waals surface area contributed by atoms with Gasteiger partial charge in [-0.3, -0.25) is 19.0 Å². The Morgan fingerprint density at radius 2 is 2.06 bits per heavy atom. The average molecular weight is 504 g/mol. The Kier molecular flexibility index (Phi) is 6.07. The van der Waals surface area contributed by atoms with Crippen LogP contribution in [0.3, 0.4) is 0 Å². The summed E-state index contributed by atoms with van der Waals surface area (Å²) < 4.78 is 3.36. The minimum Gasteiger partial charge on any atom is -0.312 e. The van der Waals surface area contributed by atoms with E-state index in [0.29, 0.717) is 20.9 Å². The summed E-state index contributed by atoms with van der Waals surface area (Å²) in [5.41, 5.74) is -0.399. The summed E-state index contributed by atoms with van der Waals surface area (Å²) in [6.45, 7) is 8.17. The van der Waals surface area contributed by atoms with E-state index in [9.17, 15) is 14.4 Å². The number of hydrogen-bond donors (Lipinski definition) is 1. The molecule has 0 saturated carbocycles. The van der Waals surface area contributed by atoms with Crippen LogP contribution in [0.1, 0.15) is 13.0 Å². The van der Waals surface area contributed by atoms with Crippen LogP contribution in [0.15, 0.2) is 39.5 Å². The van der Waals surface area contributed by atoms with E-state index in [1.54, 1.807) is 30.5 Å². The van der Waals surface area contributed by atoms with Crippen LogP contribution in [0.25, 0.3) is 26.6 Å². The predicted octanol–water partition coefficient (Wildman–Crippen LogP) is 3.40. The van der Waals surface area contributed by atoms with Crippen LogP contribution in [-0.4, -0.2) is 29.6 Å². The van der Waals surface area contributed by atoms with Gasteiger partial charge in [0.05, 0.1) is 16.4 Å².